The van der Waals surface area contributed by atoms with Gasteiger partial charge in [0.05, 0.1) is 34.7 Å². The van der Waals surface area contributed by atoms with Gasteiger partial charge in [-0.25, -0.2) is 9.97 Å². The number of benzene rings is 4. The summed E-state index contributed by atoms with van der Waals surface area (Å²) < 4.78 is 2.04. The Hall–Kier alpha value is -5.40. The van der Waals surface area contributed by atoms with Crippen molar-refractivity contribution in [1.29, 1.82) is 0 Å². The van der Waals surface area contributed by atoms with E-state index in [4.69, 9.17) is 9.97 Å². The summed E-state index contributed by atoms with van der Waals surface area (Å²) in [7, 11) is 0. The van der Waals surface area contributed by atoms with Gasteiger partial charge in [-0.15, -0.1) is 0 Å². The molecule has 2 N–H and O–H groups in total. The monoisotopic (exact) mass is 549 g/mol. The third kappa shape index (κ3) is 4.98. The second-order valence-electron chi connectivity index (χ2n) is 10.3. The molecule has 0 saturated heterocycles. The Morgan fingerprint density at radius 2 is 1.40 bits per heavy atom. The number of imidazole rings is 1. The lowest BCUT2D eigenvalue weighted by Crippen LogP contribution is -2.15. The zero-order valence-electron chi connectivity index (χ0n) is 22.7. The van der Waals surface area contributed by atoms with Crippen LogP contribution in [0.5, 0.6) is 0 Å². The topological polar surface area (TPSA) is 96.7 Å². The Kier molecular flexibility index (Phi) is 6.62. The van der Waals surface area contributed by atoms with Crippen molar-refractivity contribution in [3.8, 4) is 22.5 Å². The van der Waals surface area contributed by atoms with E-state index in [9.17, 15) is 9.90 Å². The molecule has 0 fully saturated rings. The van der Waals surface area contributed by atoms with Crippen molar-refractivity contribution in [2.24, 2.45) is 0 Å². The highest BCUT2D eigenvalue weighted by Gasteiger charge is 2.19. The Labute approximate surface area is 241 Å². The molecule has 4 aromatic carbocycles. The highest BCUT2D eigenvalue weighted by atomic mass is 16.3. The Balaban J connectivity index is 1.35. The summed E-state index contributed by atoms with van der Waals surface area (Å²) in [6, 6.07) is 35.4. The lowest BCUT2D eigenvalue weighted by molar-refractivity contribution is 0.158. The lowest BCUT2D eigenvalue weighted by atomic mass is 10.0. The van der Waals surface area contributed by atoms with E-state index in [1.807, 2.05) is 102 Å². The van der Waals surface area contributed by atoms with Gasteiger partial charge in [0, 0.05) is 24.4 Å². The van der Waals surface area contributed by atoms with Crippen LogP contribution < -0.4 is 5.56 Å². The fourth-order valence-corrected chi connectivity index (χ4v) is 5.37. The van der Waals surface area contributed by atoms with Crippen molar-refractivity contribution in [2.75, 3.05) is 0 Å². The van der Waals surface area contributed by atoms with Crippen LogP contribution in [0, 0.1) is 0 Å². The quantitative estimate of drug-likeness (QED) is 0.242. The number of aliphatic hydroxyl groups is 1. The fraction of sp³-hybridized carbons (Fsp3) is 0.0857. The van der Waals surface area contributed by atoms with Crippen LogP contribution in [0.1, 0.15) is 22.9 Å². The fourth-order valence-electron chi connectivity index (χ4n) is 5.37. The zero-order chi connectivity index (χ0) is 28.5. The summed E-state index contributed by atoms with van der Waals surface area (Å²) in [6.07, 6.45) is 3.25. The van der Waals surface area contributed by atoms with Gasteiger partial charge in [-0.1, -0.05) is 84.9 Å². The minimum Gasteiger partial charge on any atom is -0.387 e. The minimum absolute atomic E-state index is 0.212. The maximum absolute atomic E-state index is 12.9. The van der Waals surface area contributed by atoms with Crippen LogP contribution in [-0.2, 0) is 13.0 Å². The number of aliphatic hydroxyl groups excluding tert-OH is 1. The van der Waals surface area contributed by atoms with Gasteiger partial charge in [0.1, 0.15) is 11.5 Å². The number of pyridine rings is 1. The van der Waals surface area contributed by atoms with Gasteiger partial charge in [-0.3, -0.25) is 9.78 Å². The molecular formula is C35H27N5O2. The first-order chi connectivity index (χ1) is 20.6. The maximum Gasteiger partial charge on any atom is 0.270 e. The number of H-pyrrole nitrogens is 1. The molecule has 0 aliphatic heterocycles. The highest BCUT2D eigenvalue weighted by Crippen LogP contribution is 2.31. The second-order valence-corrected chi connectivity index (χ2v) is 10.3. The molecule has 0 amide bonds. The summed E-state index contributed by atoms with van der Waals surface area (Å²) >= 11 is 0. The van der Waals surface area contributed by atoms with E-state index >= 15 is 0 Å². The Morgan fingerprint density at radius 1 is 0.738 bits per heavy atom. The van der Waals surface area contributed by atoms with E-state index in [0.29, 0.717) is 35.2 Å². The molecule has 0 saturated carbocycles. The third-order valence-electron chi connectivity index (χ3n) is 7.54. The first kappa shape index (κ1) is 25.6. The molecule has 0 aliphatic rings. The van der Waals surface area contributed by atoms with E-state index in [-0.39, 0.29) is 5.56 Å². The van der Waals surface area contributed by atoms with Crippen LogP contribution in [0.25, 0.3) is 44.6 Å². The average Bonchev–Trinajstić information content (AvgIpc) is 3.38. The molecular weight excluding hydrogens is 522 g/mol. The molecule has 3 aromatic heterocycles. The van der Waals surface area contributed by atoms with Gasteiger partial charge in [-0.05, 0) is 46.5 Å². The second kappa shape index (κ2) is 10.9. The molecule has 7 heteroatoms. The zero-order valence-corrected chi connectivity index (χ0v) is 22.7. The number of aromatic amines is 1. The van der Waals surface area contributed by atoms with E-state index < -0.39 is 6.10 Å². The lowest BCUT2D eigenvalue weighted by Gasteiger charge is -2.16. The van der Waals surface area contributed by atoms with Crippen LogP contribution >= 0.6 is 0 Å². The van der Waals surface area contributed by atoms with Gasteiger partial charge in [0.2, 0.25) is 0 Å². The van der Waals surface area contributed by atoms with Crippen LogP contribution in [-0.4, -0.2) is 29.6 Å². The molecule has 1 unspecified atom stereocenters. The van der Waals surface area contributed by atoms with E-state index in [2.05, 4.69) is 22.1 Å². The van der Waals surface area contributed by atoms with Crippen molar-refractivity contribution in [3.05, 3.63) is 149 Å². The molecule has 3 heterocycles. The van der Waals surface area contributed by atoms with Crippen LogP contribution in [0.4, 0.5) is 0 Å². The molecule has 7 aromatic rings. The average molecular weight is 550 g/mol. The number of nitrogens with one attached hydrogen (secondary N) is 1. The van der Waals surface area contributed by atoms with Gasteiger partial charge < -0.3 is 14.7 Å². The van der Waals surface area contributed by atoms with Crippen LogP contribution in [0.2, 0.25) is 0 Å². The van der Waals surface area contributed by atoms with Crippen LogP contribution in [0.3, 0.4) is 0 Å². The molecule has 42 heavy (non-hydrogen) atoms. The third-order valence-corrected chi connectivity index (χ3v) is 7.54. The normalized spacial score (nSPS) is 12.1. The number of hydrogen-bond donors (Lipinski definition) is 2. The SMILES string of the molecule is O=c1[nH]c2cc3nc(-c4ccc(-c5ccncc5)cc4)n(CC(O)c4ccccc4)c3cc2nc1Cc1ccccc1. The summed E-state index contributed by atoms with van der Waals surface area (Å²) in [5.41, 5.74) is 7.99. The summed E-state index contributed by atoms with van der Waals surface area (Å²) in [5.74, 6) is 0.725. The van der Waals surface area contributed by atoms with Crippen molar-refractivity contribution >= 4 is 22.1 Å². The number of fused-ring (bicyclic) bond motifs is 2. The summed E-state index contributed by atoms with van der Waals surface area (Å²) in [5, 5.41) is 11.3. The van der Waals surface area contributed by atoms with Crippen molar-refractivity contribution in [2.45, 2.75) is 19.1 Å². The molecule has 0 aliphatic carbocycles. The highest BCUT2D eigenvalue weighted by molar-refractivity contribution is 5.93. The maximum atomic E-state index is 12.9. The van der Waals surface area contributed by atoms with Gasteiger partial charge >= 0.3 is 0 Å². The Morgan fingerprint density at radius 3 is 2.14 bits per heavy atom. The molecule has 7 rings (SSSR count). The molecule has 204 valence electrons. The standard InChI is InChI=1S/C35H27N5O2/c41-33(26-9-5-2-6-10-26)22-40-32-21-29-28(39-35(42)31(37-29)19-23-7-3-1-4-8-23)20-30(32)38-34(40)27-13-11-24(12-14-27)25-15-17-36-18-16-25/h1-18,20-21,33,41H,19,22H2,(H,39,42). The van der Waals surface area contributed by atoms with Gasteiger partial charge in [0.15, 0.2) is 0 Å². The number of hydrogen-bond acceptors (Lipinski definition) is 5. The first-order valence-electron chi connectivity index (χ1n) is 13.8. The largest absolute Gasteiger partial charge is 0.387 e. The van der Waals surface area contributed by atoms with Crippen molar-refractivity contribution in [1.82, 2.24) is 24.5 Å². The molecule has 0 bridgehead atoms. The molecule has 1 atom stereocenters. The number of rotatable bonds is 7. The Bertz CT molecular complexity index is 2050. The van der Waals surface area contributed by atoms with Crippen molar-refractivity contribution in [3.63, 3.8) is 0 Å². The van der Waals surface area contributed by atoms with Crippen LogP contribution in [0.15, 0.2) is 126 Å². The van der Waals surface area contributed by atoms with E-state index in [1.54, 1.807) is 12.4 Å². The predicted octanol–water partition coefficient (Wildman–Crippen LogP) is 6.33. The smallest absolute Gasteiger partial charge is 0.270 e. The van der Waals surface area contributed by atoms with Gasteiger partial charge in [0.25, 0.3) is 5.56 Å². The number of aromatic nitrogens is 5. The predicted molar refractivity (Wildman–Crippen MR) is 165 cm³/mol. The molecule has 0 radical (unpaired) electrons. The van der Waals surface area contributed by atoms with Gasteiger partial charge in [-0.2, -0.15) is 0 Å². The summed E-state index contributed by atoms with van der Waals surface area (Å²) in [4.78, 5) is 29.8. The van der Waals surface area contributed by atoms with E-state index in [1.165, 1.54) is 0 Å². The van der Waals surface area contributed by atoms with Crippen molar-refractivity contribution < 1.29 is 5.11 Å². The van der Waals surface area contributed by atoms with E-state index in [0.717, 1.165) is 39.2 Å². The molecule has 7 nitrogen and oxygen atoms in total. The first-order valence-corrected chi connectivity index (χ1v) is 13.8. The molecule has 0 spiro atoms. The number of nitrogens with zero attached hydrogens (tertiary/aromatic N) is 4. The summed E-state index contributed by atoms with van der Waals surface area (Å²) in [6.45, 7) is 0.299. The minimum atomic E-state index is -0.744.